The van der Waals surface area contributed by atoms with Crippen LogP contribution in [0.25, 0.3) is 0 Å². The third-order valence-electron chi connectivity index (χ3n) is 4.06. The molecule has 0 fully saturated rings. The maximum atomic E-state index is 12.1. The maximum Gasteiger partial charge on any atom is 0.323 e. The molecule has 0 aliphatic carbocycles. The fourth-order valence-corrected chi connectivity index (χ4v) is 2.81. The Bertz CT molecular complexity index is 683. The van der Waals surface area contributed by atoms with Crippen molar-refractivity contribution in [3.8, 4) is 0 Å². The number of imidazole rings is 1. The standard InChI is InChI=1S/C15H18N4O4/c1-23-15(20)14-6-12-13(17-9-16-12)8-18(14)7-10-2-4-11(5-3-10)19(21)22/h2-5,9,14,19,21H,6-8H2,1H3,(H,16,17)/t14-/m0/s1. The van der Waals surface area contributed by atoms with E-state index in [0.717, 1.165) is 17.0 Å². The first-order valence-electron chi connectivity index (χ1n) is 7.23. The lowest BCUT2D eigenvalue weighted by Gasteiger charge is -2.33. The van der Waals surface area contributed by atoms with Crippen molar-refractivity contribution in [3.05, 3.63) is 52.8 Å². The zero-order valence-electron chi connectivity index (χ0n) is 12.7. The van der Waals surface area contributed by atoms with Crippen molar-refractivity contribution in [2.45, 2.75) is 25.6 Å². The van der Waals surface area contributed by atoms with Gasteiger partial charge in [-0.25, -0.2) is 10.2 Å². The third kappa shape index (κ3) is 3.25. The molecule has 2 heterocycles. The van der Waals surface area contributed by atoms with E-state index in [1.54, 1.807) is 30.6 Å². The van der Waals surface area contributed by atoms with Crippen LogP contribution in [-0.4, -0.2) is 39.2 Å². The van der Waals surface area contributed by atoms with Gasteiger partial charge < -0.3 is 14.9 Å². The van der Waals surface area contributed by atoms with Crippen LogP contribution in [0.5, 0.6) is 0 Å². The molecule has 1 aliphatic heterocycles. The summed E-state index contributed by atoms with van der Waals surface area (Å²) < 4.78 is 4.90. The van der Waals surface area contributed by atoms with Gasteiger partial charge in [0.1, 0.15) is 6.04 Å². The van der Waals surface area contributed by atoms with Gasteiger partial charge in [0.2, 0.25) is 0 Å². The monoisotopic (exact) mass is 318 g/mol. The van der Waals surface area contributed by atoms with Gasteiger partial charge in [0.15, 0.2) is 5.69 Å². The van der Waals surface area contributed by atoms with Gasteiger partial charge in [-0.3, -0.25) is 9.69 Å². The van der Waals surface area contributed by atoms with Crippen molar-refractivity contribution < 1.29 is 20.0 Å². The summed E-state index contributed by atoms with van der Waals surface area (Å²) in [6.07, 6.45) is 2.13. The molecule has 8 nitrogen and oxygen atoms in total. The van der Waals surface area contributed by atoms with Crippen LogP contribution in [0.15, 0.2) is 30.6 Å². The molecule has 1 aliphatic rings. The molecule has 122 valence electrons. The van der Waals surface area contributed by atoms with Crippen LogP contribution in [0, 0.1) is 5.21 Å². The molecule has 23 heavy (non-hydrogen) atoms. The highest BCUT2D eigenvalue weighted by atomic mass is 16.8. The highest BCUT2D eigenvalue weighted by Crippen LogP contribution is 2.23. The number of carbonyl (C=O) groups excluding carboxylic acids is 1. The molecule has 2 aromatic rings. The van der Waals surface area contributed by atoms with E-state index in [4.69, 9.17) is 9.94 Å². The molecule has 0 saturated heterocycles. The first-order chi connectivity index (χ1) is 11.1. The topological polar surface area (TPSA) is 106 Å². The summed E-state index contributed by atoms with van der Waals surface area (Å²) in [6, 6.07) is 6.27. The Morgan fingerprint density at radius 1 is 1.52 bits per heavy atom. The van der Waals surface area contributed by atoms with Gasteiger partial charge >= 0.3 is 5.97 Å². The quantitative estimate of drug-likeness (QED) is 0.537. The number of aromatic amines is 1. The number of quaternary nitrogens is 1. The fourth-order valence-electron chi connectivity index (χ4n) is 2.81. The number of ether oxygens (including phenoxy) is 1. The van der Waals surface area contributed by atoms with Crippen molar-refractivity contribution in [1.29, 1.82) is 0 Å². The fraction of sp³-hybridized carbons (Fsp3) is 0.333. The van der Waals surface area contributed by atoms with Crippen molar-refractivity contribution >= 4 is 11.7 Å². The molecule has 1 aromatic heterocycles. The summed E-state index contributed by atoms with van der Waals surface area (Å²) in [5.41, 5.74) is 3.06. The molecule has 0 radical (unpaired) electrons. The number of fused-ring (bicyclic) bond motifs is 1. The first-order valence-corrected chi connectivity index (χ1v) is 7.23. The average Bonchev–Trinajstić information content (AvgIpc) is 3.01. The minimum absolute atomic E-state index is 0.243. The molecule has 0 spiro atoms. The largest absolute Gasteiger partial charge is 0.595 e. The van der Waals surface area contributed by atoms with Crippen molar-refractivity contribution in [1.82, 2.24) is 14.9 Å². The van der Waals surface area contributed by atoms with E-state index in [9.17, 15) is 10.0 Å². The number of aromatic nitrogens is 2. The highest BCUT2D eigenvalue weighted by molar-refractivity contribution is 5.76. The molecule has 8 heteroatoms. The second-order valence-corrected chi connectivity index (χ2v) is 5.48. The van der Waals surface area contributed by atoms with Crippen LogP contribution in [0.3, 0.4) is 0 Å². The Morgan fingerprint density at radius 2 is 2.26 bits per heavy atom. The Morgan fingerprint density at radius 3 is 2.91 bits per heavy atom. The number of rotatable bonds is 4. The van der Waals surface area contributed by atoms with E-state index >= 15 is 0 Å². The van der Waals surface area contributed by atoms with Crippen molar-refractivity contribution in [3.63, 3.8) is 0 Å². The predicted molar refractivity (Wildman–Crippen MR) is 79.6 cm³/mol. The minimum atomic E-state index is -0.955. The van der Waals surface area contributed by atoms with E-state index in [2.05, 4.69) is 9.97 Å². The number of hydrogen-bond acceptors (Lipinski definition) is 6. The number of nitrogens with zero attached hydrogens (tertiary/aromatic N) is 2. The number of H-pyrrole nitrogens is 1. The Balaban J connectivity index is 1.80. The normalized spacial score (nSPS) is 19.2. The maximum absolute atomic E-state index is 12.1. The molecule has 1 unspecified atom stereocenters. The smallest absolute Gasteiger partial charge is 0.323 e. The first kappa shape index (κ1) is 15.6. The number of carbonyl (C=O) groups is 1. The van der Waals surface area contributed by atoms with Gasteiger partial charge in [-0.15, -0.1) is 0 Å². The zero-order valence-corrected chi connectivity index (χ0v) is 12.7. The van der Waals surface area contributed by atoms with Crippen molar-refractivity contribution in [2.75, 3.05) is 7.11 Å². The Kier molecular flexibility index (Phi) is 4.39. The van der Waals surface area contributed by atoms with E-state index in [0.29, 0.717) is 19.5 Å². The van der Waals surface area contributed by atoms with Crippen molar-refractivity contribution in [2.24, 2.45) is 0 Å². The summed E-state index contributed by atoms with van der Waals surface area (Å²) in [5, 5.41) is 18.9. The van der Waals surface area contributed by atoms with Crippen LogP contribution < -0.4 is 5.23 Å². The van der Waals surface area contributed by atoms with E-state index < -0.39 is 11.3 Å². The van der Waals surface area contributed by atoms with Crippen LogP contribution in [-0.2, 0) is 29.0 Å². The summed E-state index contributed by atoms with van der Waals surface area (Å²) in [6.45, 7) is 1.09. The lowest BCUT2D eigenvalue weighted by atomic mass is 10.0. The zero-order chi connectivity index (χ0) is 16.4. The van der Waals surface area contributed by atoms with Crippen LogP contribution in [0.2, 0.25) is 0 Å². The lowest BCUT2D eigenvalue weighted by Crippen LogP contribution is -2.99. The van der Waals surface area contributed by atoms with Gasteiger partial charge in [-0.1, -0.05) is 12.1 Å². The third-order valence-corrected chi connectivity index (χ3v) is 4.06. The minimum Gasteiger partial charge on any atom is -0.595 e. The molecule has 0 saturated carbocycles. The van der Waals surface area contributed by atoms with Crippen LogP contribution in [0.1, 0.15) is 17.0 Å². The molecular formula is C15H18N4O4. The molecule has 1 aromatic carbocycles. The number of esters is 1. The van der Waals surface area contributed by atoms with Crippen LogP contribution >= 0.6 is 0 Å². The molecule has 3 N–H and O–H groups in total. The molecule has 2 atom stereocenters. The number of methoxy groups -OCH3 is 1. The Hall–Kier alpha value is -2.26. The highest BCUT2D eigenvalue weighted by Gasteiger charge is 2.33. The molecule has 0 amide bonds. The van der Waals surface area contributed by atoms with Gasteiger partial charge in [-0.2, -0.15) is 5.23 Å². The second-order valence-electron chi connectivity index (χ2n) is 5.48. The van der Waals surface area contributed by atoms with E-state index in [1.165, 1.54) is 7.11 Å². The SMILES string of the molecule is COC(=O)[C@@H]1Cc2nc[nH]c2CN1Cc1ccc([NH+]([O-])O)cc1. The number of benzene rings is 1. The summed E-state index contributed by atoms with van der Waals surface area (Å²) in [4.78, 5) is 21.4. The van der Waals surface area contributed by atoms with Gasteiger partial charge in [-0.05, 0) is 5.56 Å². The van der Waals surface area contributed by atoms with Gasteiger partial charge in [0, 0.05) is 31.6 Å². The summed E-state index contributed by atoms with van der Waals surface area (Å²) in [5.74, 6) is -0.291. The average molecular weight is 318 g/mol. The lowest BCUT2D eigenvalue weighted by molar-refractivity contribution is -0.991. The number of hydrogen-bond donors (Lipinski definition) is 3. The summed E-state index contributed by atoms with van der Waals surface area (Å²) in [7, 11) is 1.38. The molecular weight excluding hydrogens is 300 g/mol. The van der Waals surface area contributed by atoms with Gasteiger partial charge in [0.25, 0.3) is 0 Å². The second kappa shape index (κ2) is 6.47. The summed E-state index contributed by atoms with van der Waals surface area (Å²) >= 11 is 0. The van der Waals surface area contributed by atoms with Crippen LogP contribution in [0.4, 0.5) is 5.69 Å². The molecule has 3 rings (SSSR count). The van der Waals surface area contributed by atoms with E-state index in [1.807, 2.05) is 4.90 Å². The Labute approximate surface area is 132 Å². The predicted octanol–water partition coefficient (Wildman–Crippen LogP) is -0.0870. The molecule has 0 bridgehead atoms. The number of nitrogens with one attached hydrogen (secondary N) is 2. The van der Waals surface area contributed by atoms with E-state index in [-0.39, 0.29) is 11.7 Å². The van der Waals surface area contributed by atoms with Gasteiger partial charge in [0.05, 0.1) is 24.8 Å².